The standard InChI is InChI=1S/C16H14N2O4S/c1-9-8-23-15-13(9)16(20)22-14(18-15)10(2)17-12(19)4-3-11-5-6-21-7-11/h3-8,10H,1-2H3,(H,17,19)/t10-/m0/s1. The number of thiophene rings is 1. The number of carbonyl (C=O) groups is 1. The van der Waals surface area contributed by atoms with E-state index in [2.05, 4.69) is 10.3 Å². The zero-order valence-electron chi connectivity index (χ0n) is 12.5. The van der Waals surface area contributed by atoms with E-state index in [1.165, 1.54) is 29.9 Å². The van der Waals surface area contributed by atoms with Crippen LogP contribution in [0.5, 0.6) is 0 Å². The molecule has 0 bridgehead atoms. The largest absolute Gasteiger partial charge is 0.472 e. The summed E-state index contributed by atoms with van der Waals surface area (Å²) < 4.78 is 10.1. The van der Waals surface area contributed by atoms with Crippen molar-refractivity contribution in [2.75, 3.05) is 0 Å². The smallest absolute Gasteiger partial charge is 0.348 e. The summed E-state index contributed by atoms with van der Waals surface area (Å²) >= 11 is 1.38. The number of fused-ring (bicyclic) bond motifs is 1. The average Bonchev–Trinajstić information content (AvgIpc) is 3.15. The number of nitrogens with zero attached hydrogens (tertiary/aromatic N) is 1. The lowest BCUT2D eigenvalue weighted by atomic mass is 10.2. The van der Waals surface area contributed by atoms with Crippen LogP contribution in [0.2, 0.25) is 0 Å². The summed E-state index contributed by atoms with van der Waals surface area (Å²) in [7, 11) is 0. The van der Waals surface area contributed by atoms with E-state index in [0.717, 1.165) is 11.1 Å². The summed E-state index contributed by atoms with van der Waals surface area (Å²) in [5.74, 6) is -0.125. The van der Waals surface area contributed by atoms with Crippen LogP contribution in [0, 0.1) is 6.92 Å². The number of furan rings is 1. The molecule has 7 heteroatoms. The molecule has 1 amide bonds. The molecule has 3 aromatic heterocycles. The van der Waals surface area contributed by atoms with Crippen molar-refractivity contribution in [1.29, 1.82) is 0 Å². The Kier molecular flexibility index (Phi) is 4.12. The van der Waals surface area contributed by atoms with Crippen molar-refractivity contribution in [3.63, 3.8) is 0 Å². The third-order valence-electron chi connectivity index (χ3n) is 3.27. The minimum Gasteiger partial charge on any atom is -0.472 e. The Labute approximate surface area is 135 Å². The molecule has 118 valence electrons. The van der Waals surface area contributed by atoms with E-state index in [-0.39, 0.29) is 11.8 Å². The Morgan fingerprint density at radius 3 is 3.04 bits per heavy atom. The highest BCUT2D eigenvalue weighted by Crippen LogP contribution is 2.22. The molecule has 0 unspecified atom stereocenters. The van der Waals surface area contributed by atoms with Crippen molar-refractivity contribution in [3.05, 3.63) is 57.5 Å². The Bertz CT molecular complexity index is 921. The maximum absolute atomic E-state index is 12.0. The second-order valence-corrected chi connectivity index (χ2v) is 5.92. The molecule has 0 fully saturated rings. The van der Waals surface area contributed by atoms with Crippen molar-refractivity contribution in [3.8, 4) is 0 Å². The molecule has 0 radical (unpaired) electrons. The number of carbonyl (C=O) groups excluding carboxylic acids is 1. The highest BCUT2D eigenvalue weighted by Gasteiger charge is 2.16. The molecule has 0 spiro atoms. The van der Waals surface area contributed by atoms with E-state index in [1.54, 1.807) is 19.1 Å². The average molecular weight is 330 g/mol. The fourth-order valence-electron chi connectivity index (χ4n) is 2.08. The molecule has 6 nitrogen and oxygen atoms in total. The lowest BCUT2D eigenvalue weighted by Gasteiger charge is -2.10. The van der Waals surface area contributed by atoms with E-state index in [1.807, 2.05) is 12.3 Å². The van der Waals surface area contributed by atoms with Gasteiger partial charge in [0.25, 0.3) is 0 Å². The molecule has 0 aliphatic rings. The van der Waals surface area contributed by atoms with Gasteiger partial charge >= 0.3 is 5.63 Å². The van der Waals surface area contributed by atoms with Crippen LogP contribution >= 0.6 is 11.3 Å². The van der Waals surface area contributed by atoms with Gasteiger partial charge in [-0.05, 0) is 36.9 Å². The molecule has 0 aliphatic heterocycles. The molecule has 3 rings (SSSR count). The number of hydrogen-bond acceptors (Lipinski definition) is 6. The van der Waals surface area contributed by atoms with Crippen LogP contribution in [0.15, 0.2) is 43.7 Å². The monoisotopic (exact) mass is 330 g/mol. The number of aromatic nitrogens is 1. The van der Waals surface area contributed by atoms with E-state index < -0.39 is 11.7 Å². The van der Waals surface area contributed by atoms with Gasteiger partial charge in [0.1, 0.15) is 10.9 Å². The summed E-state index contributed by atoms with van der Waals surface area (Å²) in [5.41, 5.74) is 1.20. The summed E-state index contributed by atoms with van der Waals surface area (Å²) in [6.07, 6.45) is 6.06. The molecule has 0 saturated heterocycles. The lowest BCUT2D eigenvalue weighted by Crippen LogP contribution is -2.26. The van der Waals surface area contributed by atoms with Crippen LogP contribution in [0.25, 0.3) is 16.3 Å². The van der Waals surface area contributed by atoms with Crippen LogP contribution in [0.1, 0.15) is 30.0 Å². The first-order chi connectivity index (χ1) is 11.0. The van der Waals surface area contributed by atoms with E-state index >= 15 is 0 Å². The van der Waals surface area contributed by atoms with Crippen molar-refractivity contribution in [2.24, 2.45) is 0 Å². The molecular weight excluding hydrogens is 316 g/mol. The Morgan fingerprint density at radius 2 is 2.30 bits per heavy atom. The van der Waals surface area contributed by atoms with E-state index in [9.17, 15) is 9.59 Å². The van der Waals surface area contributed by atoms with E-state index in [0.29, 0.717) is 10.2 Å². The van der Waals surface area contributed by atoms with Gasteiger partial charge in [0.2, 0.25) is 11.8 Å². The zero-order valence-corrected chi connectivity index (χ0v) is 13.3. The van der Waals surface area contributed by atoms with Crippen LogP contribution in [-0.4, -0.2) is 10.9 Å². The van der Waals surface area contributed by atoms with Gasteiger partial charge in [-0.3, -0.25) is 4.79 Å². The molecule has 0 aliphatic carbocycles. The van der Waals surface area contributed by atoms with Gasteiger partial charge in [-0.2, -0.15) is 0 Å². The van der Waals surface area contributed by atoms with Crippen molar-refractivity contribution >= 4 is 33.5 Å². The maximum atomic E-state index is 12.0. The van der Waals surface area contributed by atoms with Gasteiger partial charge in [-0.15, -0.1) is 11.3 Å². The minimum absolute atomic E-state index is 0.189. The van der Waals surface area contributed by atoms with Crippen LogP contribution in [0.4, 0.5) is 0 Å². The number of rotatable bonds is 4. The summed E-state index contributed by atoms with van der Waals surface area (Å²) in [6.45, 7) is 3.55. The third-order valence-corrected chi connectivity index (χ3v) is 4.26. The molecule has 1 atom stereocenters. The third kappa shape index (κ3) is 3.24. The van der Waals surface area contributed by atoms with Gasteiger partial charge in [0, 0.05) is 11.6 Å². The molecular formula is C16H14N2O4S. The number of amides is 1. The topological polar surface area (TPSA) is 85.3 Å². The SMILES string of the molecule is Cc1csc2nc([C@H](C)NC(=O)C=Cc3ccoc3)oc(=O)c12. The van der Waals surface area contributed by atoms with Crippen molar-refractivity contribution < 1.29 is 13.6 Å². The van der Waals surface area contributed by atoms with Gasteiger partial charge in [0.15, 0.2) is 0 Å². The maximum Gasteiger partial charge on any atom is 0.348 e. The summed E-state index contributed by atoms with van der Waals surface area (Å²) in [6, 6.07) is 1.22. The van der Waals surface area contributed by atoms with Crippen molar-refractivity contribution in [2.45, 2.75) is 19.9 Å². The quantitative estimate of drug-likeness (QED) is 0.743. The fourth-order valence-corrected chi connectivity index (χ4v) is 2.99. The Morgan fingerprint density at radius 1 is 1.48 bits per heavy atom. The number of nitrogens with one attached hydrogen (secondary N) is 1. The van der Waals surface area contributed by atoms with Crippen molar-refractivity contribution in [1.82, 2.24) is 10.3 Å². The van der Waals surface area contributed by atoms with E-state index in [4.69, 9.17) is 8.83 Å². The fraction of sp³-hybridized carbons (Fsp3) is 0.188. The zero-order chi connectivity index (χ0) is 16.4. The Balaban J connectivity index is 1.76. The predicted molar refractivity (Wildman–Crippen MR) is 87.2 cm³/mol. The molecule has 0 saturated carbocycles. The number of aryl methyl sites for hydroxylation is 1. The first kappa shape index (κ1) is 15.2. The molecule has 23 heavy (non-hydrogen) atoms. The lowest BCUT2D eigenvalue weighted by molar-refractivity contribution is -0.117. The second kappa shape index (κ2) is 6.21. The second-order valence-electron chi connectivity index (χ2n) is 5.06. The van der Waals surface area contributed by atoms with Gasteiger partial charge in [0.05, 0.1) is 17.9 Å². The van der Waals surface area contributed by atoms with Gasteiger partial charge in [-0.25, -0.2) is 9.78 Å². The highest BCUT2D eigenvalue weighted by molar-refractivity contribution is 7.16. The van der Waals surface area contributed by atoms with Crippen LogP contribution in [0.3, 0.4) is 0 Å². The Hall–Kier alpha value is -2.67. The van der Waals surface area contributed by atoms with Gasteiger partial charge in [-0.1, -0.05) is 0 Å². The first-order valence-corrected chi connectivity index (χ1v) is 7.82. The summed E-state index contributed by atoms with van der Waals surface area (Å²) in [4.78, 5) is 28.8. The minimum atomic E-state index is -0.518. The first-order valence-electron chi connectivity index (χ1n) is 6.94. The molecule has 3 aromatic rings. The molecule has 0 aromatic carbocycles. The molecule has 1 N–H and O–H groups in total. The van der Waals surface area contributed by atoms with Crippen LogP contribution < -0.4 is 10.9 Å². The summed E-state index contributed by atoms with van der Waals surface area (Å²) in [5, 5.41) is 5.06. The highest BCUT2D eigenvalue weighted by atomic mass is 32.1. The molecule has 3 heterocycles. The normalized spacial score (nSPS) is 12.8. The number of hydrogen-bond donors (Lipinski definition) is 1. The van der Waals surface area contributed by atoms with Gasteiger partial charge < -0.3 is 14.2 Å². The van der Waals surface area contributed by atoms with Crippen LogP contribution in [-0.2, 0) is 4.79 Å². The predicted octanol–water partition coefficient (Wildman–Crippen LogP) is 3.04.